The van der Waals surface area contributed by atoms with E-state index < -0.39 is 0 Å². The average Bonchev–Trinajstić information content (AvgIpc) is 2.68. The Labute approximate surface area is 130 Å². The Bertz CT molecular complexity index is 727. The molecule has 1 aliphatic heterocycles. The second kappa shape index (κ2) is 6.06. The number of ketones is 1. The van der Waals surface area contributed by atoms with Crippen molar-refractivity contribution < 1.29 is 14.3 Å². The largest absolute Gasteiger partial charge is 0.497 e. The summed E-state index contributed by atoms with van der Waals surface area (Å²) in [6.45, 7) is 2.50. The molecule has 2 aromatic carbocycles. The van der Waals surface area contributed by atoms with Gasteiger partial charge in [-0.15, -0.1) is 0 Å². The summed E-state index contributed by atoms with van der Waals surface area (Å²) >= 11 is 0. The second-order valence-corrected chi connectivity index (χ2v) is 5.37. The molecule has 3 nitrogen and oxygen atoms in total. The minimum atomic E-state index is 0.0482. The first kappa shape index (κ1) is 14.4. The molecule has 0 radical (unpaired) electrons. The van der Waals surface area contributed by atoms with Crippen molar-refractivity contribution in [1.29, 1.82) is 0 Å². The Kier molecular flexibility index (Phi) is 3.96. The van der Waals surface area contributed by atoms with Crippen LogP contribution >= 0.6 is 0 Å². The maximum Gasteiger partial charge on any atom is 0.192 e. The van der Waals surface area contributed by atoms with Crippen molar-refractivity contribution in [2.24, 2.45) is 0 Å². The molecule has 3 heteroatoms. The van der Waals surface area contributed by atoms with Crippen LogP contribution in [0.2, 0.25) is 0 Å². The van der Waals surface area contributed by atoms with Crippen molar-refractivity contribution in [3.63, 3.8) is 0 Å². The van der Waals surface area contributed by atoms with Gasteiger partial charge in [-0.1, -0.05) is 23.8 Å². The summed E-state index contributed by atoms with van der Waals surface area (Å²) in [4.78, 5) is 12.7. The number of Topliss-reactive ketones (excluding diaryl/α,β-unsaturated/α-hetero) is 1. The molecule has 0 aromatic heterocycles. The molecular formula is C19H18O3. The number of hydrogen-bond donors (Lipinski definition) is 0. The Morgan fingerprint density at radius 3 is 2.64 bits per heavy atom. The molecule has 0 unspecified atom stereocenters. The maximum atomic E-state index is 12.7. The number of hydrogen-bond acceptors (Lipinski definition) is 3. The Hall–Kier alpha value is -2.55. The van der Waals surface area contributed by atoms with Crippen LogP contribution in [0.4, 0.5) is 0 Å². The Balaban J connectivity index is 1.96. The number of rotatable bonds is 2. The molecule has 0 N–H and O–H groups in total. The van der Waals surface area contributed by atoms with Crippen LogP contribution in [0.5, 0.6) is 11.5 Å². The van der Waals surface area contributed by atoms with E-state index >= 15 is 0 Å². The lowest BCUT2D eigenvalue weighted by atomic mass is 9.98. The lowest BCUT2D eigenvalue weighted by Crippen LogP contribution is -2.02. The molecule has 0 amide bonds. The summed E-state index contributed by atoms with van der Waals surface area (Å²) in [5, 5.41) is 0. The Morgan fingerprint density at radius 2 is 1.91 bits per heavy atom. The fourth-order valence-corrected chi connectivity index (χ4v) is 2.54. The highest BCUT2D eigenvalue weighted by molar-refractivity contribution is 6.13. The van der Waals surface area contributed by atoms with Crippen molar-refractivity contribution in [3.05, 3.63) is 64.7 Å². The minimum Gasteiger partial charge on any atom is -0.497 e. The molecule has 0 fully saturated rings. The molecule has 22 heavy (non-hydrogen) atoms. The average molecular weight is 294 g/mol. The summed E-state index contributed by atoms with van der Waals surface area (Å²) < 4.78 is 10.8. The van der Waals surface area contributed by atoms with E-state index in [-0.39, 0.29) is 5.78 Å². The third kappa shape index (κ3) is 2.89. The van der Waals surface area contributed by atoms with Gasteiger partial charge in [0.25, 0.3) is 0 Å². The van der Waals surface area contributed by atoms with E-state index in [0.717, 1.165) is 22.4 Å². The van der Waals surface area contributed by atoms with E-state index in [2.05, 4.69) is 0 Å². The third-order valence-electron chi connectivity index (χ3n) is 3.76. The van der Waals surface area contributed by atoms with Gasteiger partial charge >= 0.3 is 0 Å². The SMILES string of the molecule is COc1ccc(C=C2CCOc3ccc(C)cc3C2=O)cc1. The number of methoxy groups -OCH3 is 1. The first-order valence-electron chi connectivity index (χ1n) is 7.30. The summed E-state index contributed by atoms with van der Waals surface area (Å²) in [5.74, 6) is 1.53. The van der Waals surface area contributed by atoms with E-state index in [1.165, 1.54) is 0 Å². The fourth-order valence-electron chi connectivity index (χ4n) is 2.54. The van der Waals surface area contributed by atoms with Gasteiger partial charge in [0.2, 0.25) is 0 Å². The molecule has 1 heterocycles. The number of ether oxygens (including phenoxy) is 2. The van der Waals surface area contributed by atoms with Crippen molar-refractivity contribution in [2.45, 2.75) is 13.3 Å². The van der Waals surface area contributed by atoms with Crippen LogP contribution in [0.25, 0.3) is 6.08 Å². The first-order valence-corrected chi connectivity index (χ1v) is 7.30. The van der Waals surface area contributed by atoms with E-state index in [0.29, 0.717) is 24.3 Å². The van der Waals surface area contributed by atoms with Crippen LogP contribution < -0.4 is 9.47 Å². The predicted molar refractivity (Wildman–Crippen MR) is 86.6 cm³/mol. The summed E-state index contributed by atoms with van der Waals surface area (Å²) in [5.41, 5.74) is 3.47. The topological polar surface area (TPSA) is 35.5 Å². The van der Waals surface area contributed by atoms with Gasteiger partial charge in [0.15, 0.2) is 5.78 Å². The third-order valence-corrected chi connectivity index (χ3v) is 3.76. The van der Waals surface area contributed by atoms with Crippen molar-refractivity contribution >= 4 is 11.9 Å². The molecule has 0 bridgehead atoms. The number of fused-ring (bicyclic) bond motifs is 1. The van der Waals surface area contributed by atoms with Crippen LogP contribution in [-0.4, -0.2) is 19.5 Å². The summed E-state index contributed by atoms with van der Waals surface area (Å²) in [6.07, 6.45) is 2.54. The lowest BCUT2D eigenvalue weighted by Gasteiger charge is -2.06. The zero-order valence-corrected chi connectivity index (χ0v) is 12.8. The smallest absolute Gasteiger partial charge is 0.192 e. The van der Waals surface area contributed by atoms with Crippen molar-refractivity contribution in [3.8, 4) is 11.5 Å². The zero-order chi connectivity index (χ0) is 15.5. The van der Waals surface area contributed by atoms with E-state index in [1.54, 1.807) is 7.11 Å². The fraction of sp³-hybridized carbons (Fsp3) is 0.211. The number of carbonyl (C=O) groups is 1. The molecule has 3 rings (SSSR count). The van der Waals surface area contributed by atoms with E-state index in [9.17, 15) is 4.79 Å². The molecule has 1 aliphatic rings. The van der Waals surface area contributed by atoms with Gasteiger partial charge in [-0.25, -0.2) is 0 Å². The highest BCUT2D eigenvalue weighted by Crippen LogP contribution is 2.28. The van der Waals surface area contributed by atoms with Gasteiger partial charge in [-0.05, 0) is 42.8 Å². The molecule has 0 spiro atoms. The maximum absolute atomic E-state index is 12.7. The molecule has 2 aromatic rings. The van der Waals surface area contributed by atoms with E-state index in [1.807, 2.05) is 55.5 Å². The van der Waals surface area contributed by atoms with Gasteiger partial charge in [0.05, 0.1) is 19.3 Å². The van der Waals surface area contributed by atoms with Crippen molar-refractivity contribution in [1.82, 2.24) is 0 Å². The quantitative estimate of drug-likeness (QED) is 0.784. The molecule has 0 saturated heterocycles. The monoisotopic (exact) mass is 294 g/mol. The molecule has 112 valence electrons. The van der Waals surface area contributed by atoms with Crippen LogP contribution in [0, 0.1) is 6.92 Å². The van der Waals surface area contributed by atoms with Gasteiger partial charge < -0.3 is 9.47 Å². The van der Waals surface area contributed by atoms with Gasteiger partial charge in [0.1, 0.15) is 11.5 Å². The lowest BCUT2D eigenvalue weighted by molar-refractivity contribution is 0.103. The zero-order valence-electron chi connectivity index (χ0n) is 12.8. The number of carbonyl (C=O) groups excluding carboxylic acids is 1. The van der Waals surface area contributed by atoms with Gasteiger partial charge in [-0.3, -0.25) is 4.79 Å². The Morgan fingerprint density at radius 1 is 1.14 bits per heavy atom. The predicted octanol–water partition coefficient (Wildman–Crippen LogP) is 4.05. The van der Waals surface area contributed by atoms with Crippen LogP contribution in [0.1, 0.15) is 27.9 Å². The normalized spacial score (nSPS) is 15.9. The minimum absolute atomic E-state index is 0.0482. The second-order valence-electron chi connectivity index (χ2n) is 5.37. The highest BCUT2D eigenvalue weighted by atomic mass is 16.5. The van der Waals surface area contributed by atoms with Crippen LogP contribution in [-0.2, 0) is 0 Å². The van der Waals surface area contributed by atoms with Gasteiger partial charge in [0, 0.05) is 12.0 Å². The summed E-state index contributed by atoms with van der Waals surface area (Å²) in [7, 11) is 1.64. The molecule has 0 aliphatic carbocycles. The highest BCUT2D eigenvalue weighted by Gasteiger charge is 2.21. The van der Waals surface area contributed by atoms with Crippen LogP contribution in [0.3, 0.4) is 0 Å². The number of benzene rings is 2. The first-order chi connectivity index (χ1) is 10.7. The standard InChI is InChI=1S/C19H18O3/c1-13-3-8-18-17(11-13)19(20)15(9-10-22-18)12-14-4-6-16(21-2)7-5-14/h3-8,11-12H,9-10H2,1-2H3. The van der Waals surface area contributed by atoms with Crippen LogP contribution in [0.15, 0.2) is 48.0 Å². The summed E-state index contributed by atoms with van der Waals surface area (Å²) in [6, 6.07) is 13.4. The molecular weight excluding hydrogens is 276 g/mol. The molecule has 0 saturated carbocycles. The molecule has 0 atom stereocenters. The number of aryl methyl sites for hydroxylation is 1. The van der Waals surface area contributed by atoms with Gasteiger partial charge in [-0.2, -0.15) is 0 Å². The van der Waals surface area contributed by atoms with Crippen molar-refractivity contribution in [2.75, 3.05) is 13.7 Å². The van der Waals surface area contributed by atoms with E-state index in [4.69, 9.17) is 9.47 Å².